The standard InChI is InChI=1S/C29H28N8O3/c1-18(9-11-30)34-27(35-31)21-7-8-23(40-2)24-22(17-33-25(21)24)26(38)29(39)37-15-13-36(14-16-37)28-20-6-4-3-5-19(20)10-12-32-28/h3-8,10,12,17,33H,1,9,13-16,31H2,2H3,(H,34,35). The van der Waals surface area contributed by atoms with E-state index in [1.54, 1.807) is 23.2 Å². The first-order chi connectivity index (χ1) is 19.5. The molecule has 0 bridgehead atoms. The first-order valence-electron chi connectivity index (χ1n) is 12.7. The number of rotatable bonds is 7. The number of piperazine rings is 1. The lowest BCUT2D eigenvalue weighted by Crippen LogP contribution is -2.50. The van der Waals surface area contributed by atoms with Gasteiger partial charge >= 0.3 is 0 Å². The lowest BCUT2D eigenvalue weighted by Gasteiger charge is -2.35. The minimum Gasteiger partial charge on any atom is -0.496 e. The summed E-state index contributed by atoms with van der Waals surface area (Å²) in [4.78, 5) is 42.6. The summed E-state index contributed by atoms with van der Waals surface area (Å²) in [5, 5.41) is 11.5. The van der Waals surface area contributed by atoms with Gasteiger partial charge in [0.1, 0.15) is 17.4 Å². The number of allylic oxidation sites excluding steroid dienone is 1. The molecule has 4 aromatic rings. The second-order valence-corrected chi connectivity index (χ2v) is 9.24. The molecule has 11 heteroatoms. The second kappa shape index (κ2) is 11.3. The smallest absolute Gasteiger partial charge is 0.295 e. The number of hydrogen-bond acceptors (Lipinski definition) is 8. The summed E-state index contributed by atoms with van der Waals surface area (Å²) in [6.07, 6.45) is 3.30. The molecule has 1 amide bonds. The van der Waals surface area contributed by atoms with Crippen LogP contribution in [0.4, 0.5) is 5.82 Å². The molecule has 5 rings (SSSR count). The molecule has 0 spiro atoms. The van der Waals surface area contributed by atoms with Crippen LogP contribution in [0, 0.1) is 11.3 Å². The summed E-state index contributed by atoms with van der Waals surface area (Å²) < 4.78 is 5.53. The molecule has 3 heterocycles. The molecule has 40 heavy (non-hydrogen) atoms. The van der Waals surface area contributed by atoms with Gasteiger partial charge in [-0.2, -0.15) is 5.26 Å². The van der Waals surface area contributed by atoms with Gasteiger partial charge in [0.15, 0.2) is 0 Å². The van der Waals surface area contributed by atoms with Crippen molar-refractivity contribution in [2.45, 2.75) is 6.42 Å². The average molecular weight is 537 g/mol. The molecule has 1 aliphatic heterocycles. The Labute approximate surface area is 230 Å². The number of carbonyl (C=O) groups excluding carboxylic acids is 2. The number of amidine groups is 1. The van der Waals surface area contributed by atoms with Crippen molar-refractivity contribution in [2.75, 3.05) is 38.2 Å². The van der Waals surface area contributed by atoms with Gasteiger partial charge in [-0.25, -0.2) is 15.8 Å². The van der Waals surface area contributed by atoms with E-state index < -0.39 is 11.7 Å². The van der Waals surface area contributed by atoms with Crippen LogP contribution in [-0.2, 0) is 4.79 Å². The predicted molar refractivity (Wildman–Crippen MR) is 153 cm³/mol. The number of nitriles is 1. The van der Waals surface area contributed by atoms with Crippen LogP contribution in [-0.4, -0.2) is 65.7 Å². The topological polar surface area (TPSA) is 153 Å². The Balaban J connectivity index is 1.39. The van der Waals surface area contributed by atoms with Crippen LogP contribution >= 0.6 is 0 Å². The van der Waals surface area contributed by atoms with E-state index >= 15 is 0 Å². The molecule has 0 saturated carbocycles. The summed E-state index contributed by atoms with van der Waals surface area (Å²) in [6, 6.07) is 15.4. The quantitative estimate of drug-likeness (QED) is 0.0814. The molecule has 0 radical (unpaired) electrons. The number of amides is 1. The monoisotopic (exact) mass is 536 g/mol. The number of nitrogens with two attached hydrogens (primary N) is 1. The summed E-state index contributed by atoms with van der Waals surface area (Å²) >= 11 is 0. The van der Waals surface area contributed by atoms with Gasteiger partial charge in [0, 0.05) is 55.2 Å². The zero-order chi connectivity index (χ0) is 28.2. The number of aliphatic imine (C=N–C) groups is 1. The fourth-order valence-corrected chi connectivity index (χ4v) is 4.96. The first-order valence-corrected chi connectivity index (χ1v) is 12.7. The Kier molecular flexibility index (Phi) is 7.43. The molecule has 2 aromatic carbocycles. The zero-order valence-corrected chi connectivity index (χ0v) is 22.0. The number of methoxy groups -OCH3 is 1. The van der Waals surface area contributed by atoms with Gasteiger partial charge in [-0.05, 0) is 23.6 Å². The number of nitrogens with one attached hydrogen (secondary N) is 2. The largest absolute Gasteiger partial charge is 0.496 e. The van der Waals surface area contributed by atoms with Gasteiger partial charge in [-0.15, -0.1) is 0 Å². The van der Waals surface area contributed by atoms with E-state index in [-0.39, 0.29) is 17.8 Å². The highest BCUT2D eigenvalue weighted by Gasteiger charge is 2.30. The SMILES string of the molecule is C=C(CC#N)N=C(NN)c1ccc(OC)c2c(C(=O)C(=O)N3CCN(c4nccc5ccccc45)CC3)c[nH]c12. The maximum absolute atomic E-state index is 13.5. The minimum absolute atomic E-state index is 0.0251. The Morgan fingerprint density at radius 3 is 2.67 bits per heavy atom. The third kappa shape index (κ3) is 4.83. The number of carbonyl (C=O) groups is 2. The normalized spacial score (nSPS) is 13.8. The number of nitrogens with zero attached hydrogens (tertiary/aromatic N) is 5. The van der Waals surface area contributed by atoms with Crippen LogP contribution in [0.2, 0.25) is 0 Å². The molecule has 0 aliphatic carbocycles. The third-order valence-electron chi connectivity index (χ3n) is 6.92. The van der Waals surface area contributed by atoms with Crippen LogP contribution in [0.1, 0.15) is 22.3 Å². The molecular formula is C29H28N8O3. The molecule has 1 aliphatic rings. The van der Waals surface area contributed by atoms with Crippen molar-refractivity contribution >= 4 is 45.0 Å². The summed E-state index contributed by atoms with van der Waals surface area (Å²) in [7, 11) is 1.49. The average Bonchev–Trinajstić information content (AvgIpc) is 3.44. The number of hydrogen-bond donors (Lipinski definition) is 3. The van der Waals surface area contributed by atoms with Crippen LogP contribution in [0.15, 0.2) is 72.1 Å². The van der Waals surface area contributed by atoms with Crippen molar-refractivity contribution < 1.29 is 14.3 Å². The molecule has 202 valence electrons. The number of aromatic amines is 1. The fourth-order valence-electron chi connectivity index (χ4n) is 4.96. The Hall–Kier alpha value is -5.21. The maximum atomic E-state index is 13.5. The Bertz CT molecular complexity index is 1690. The zero-order valence-electron chi connectivity index (χ0n) is 22.0. The van der Waals surface area contributed by atoms with Crippen LogP contribution < -0.4 is 20.9 Å². The van der Waals surface area contributed by atoms with E-state index in [0.717, 1.165) is 16.6 Å². The van der Waals surface area contributed by atoms with Crippen molar-refractivity contribution in [1.82, 2.24) is 20.3 Å². The third-order valence-corrected chi connectivity index (χ3v) is 6.92. The number of ketones is 1. The van der Waals surface area contributed by atoms with Crippen LogP contribution in [0.25, 0.3) is 21.7 Å². The Morgan fingerprint density at radius 1 is 1.18 bits per heavy atom. The van der Waals surface area contributed by atoms with E-state index in [4.69, 9.17) is 15.8 Å². The molecule has 0 unspecified atom stereocenters. The fraction of sp³-hybridized carbons (Fsp3) is 0.207. The number of H-pyrrole nitrogens is 1. The molecule has 1 saturated heterocycles. The minimum atomic E-state index is -0.647. The van der Waals surface area contributed by atoms with Crippen molar-refractivity contribution in [3.63, 3.8) is 0 Å². The molecule has 4 N–H and O–H groups in total. The predicted octanol–water partition coefficient (Wildman–Crippen LogP) is 2.89. The van der Waals surface area contributed by atoms with Crippen molar-refractivity contribution in [3.05, 3.63) is 78.3 Å². The number of anilines is 1. The van der Waals surface area contributed by atoms with Gasteiger partial charge < -0.3 is 24.9 Å². The van der Waals surface area contributed by atoms with Gasteiger partial charge in [0.05, 0.1) is 36.1 Å². The van der Waals surface area contributed by atoms with Crippen molar-refractivity contribution in [1.29, 1.82) is 5.26 Å². The van der Waals surface area contributed by atoms with E-state index in [1.165, 1.54) is 13.3 Å². The number of pyridine rings is 1. The van der Waals surface area contributed by atoms with E-state index in [9.17, 15) is 9.59 Å². The number of aromatic nitrogens is 2. The molecule has 1 fully saturated rings. The highest BCUT2D eigenvalue weighted by atomic mass is 16.5. The lowest BCUT2D eigenvalue weighted by atomic mass is 10.0. The summed E-state index contributed by atoms with van der Waals surface area (Å²) in [5.74, 6) is 6.01. The lowest BCUT2D eigenvalue weighted by molar-refractivity contribution is -0.126. The number of benzene rings is 2. The van der Waals surface area contributed by atoms with E-state index in [0.29, 0.717) is 54.1 Å². The highest BCUT2D eigenvalue weighted by Crippen LogP contribution is 2.32. The summed E-state index contributed by atoms with van der Waals surface area (Å²) in [6.45, 7) is 5.64. The molecule has 2 aromatic heterocycles. The van der Waals surface area contributed by atoms with Crippen molar-refractivity contribution in [2.24, 2.45) is 10.8 Å². The van der Waals surface area contributed by atoms with E-state index in [2.05, 4.69) is 31.9 Å². The Morgan fingerprint density at radius 2 is 1.95 bits per heavy atom. The maximum Gasteiger partial charge on any atom is 0.295 e. The van der Waals surface area contributed by atoms with Crippen LogP contribution in [0.5, 0.6) is 5.75 Å². The van der Waals surface area contributed by atoms with Gasteiger partial charge in [-0.3, -0.25) is 9.59 Å². The van der Waals surface area contributed by atoms with Gasteiger partial charge in [0.2, 0.25) is 0 Å². The highest BCUT2D eigenvalue weighted by molar-refractivity contribution is 6.45. The first kappa shape index (κ1) is 26.4. The van der Waals surface area contributed by atoms with Crippen molar-refractivity contribution in [3.8, 4) is 11.8 Å². The second-order valence-electron chi connectivity index (χ2n) is 9.24. The molecule has 0 atom stereocenters. The van der Waals surface area contributed by atoms with Crippen LogP contribution in [0.3, 0.4) is 0 Å². The van der Waals surface area contributed by atoms with Gasteiger partial charge in [-0.1, -0.05) is 30.8 Å². The van der Waals surface area contributed by atoms with E-state index in [1.807, 2.05) is 36.4 Å². The molecular weight excluding hydrogens is 508 g/mol. The summed E-state index contributed by atoms with van der Waals surface area (Å²) in [5.41, 5.74) is 4.06. The number of fused-ring (bicyclic) bond motifs is 2. The number of hydrazine groups is 1. The molecule has 11 nitrogen and oxygen atoms in total. The number of ether oxygens (including phenoxy) is 1. The number of Topliss-reactive ketones (excluding diaryl/α,β-unsaturated/α-hetero) is 1. The van der Waals surface area contributed by atoms with Gasteiger partial charge in [0.25, 0.3) is 11.7 Å².